The molecule has 0 radical (unpaired) electrons. The second-order valence-corrected chi connectivity index (χ2v) is 15.1. The lowest BCUT2D eigenvalue weighted by molar-refractivity contribution is 0.660. The zero-order valence-electron chi connectivity index (χ0n) is 30.2. The Morgan fingerprint density at radius 3 is 1.54 bits per heavy atom. The fourth-order valence-electron chi connectivity index (χ4n) is 9.15. The molecule has 0 saturated carbocycles. The molecule has 2 aliphatic rings. The number of nitrogens with zero attached hydrogens (tertiary/aromatic N) is 3. The van der Waals surface area contributed by atoms with Crippen molar-refractivity contribution in [1.29, 1.82) is 0 Å². The van der Waals surface area contributed by atoms with Crippen LogP contribution in [0.3, 0.4) is 0 Å². The van der Waals surface area contributed by atoms with E-state index < -0.39 is 0 Å². The fraction of sp³-hybridized carbons (Fsp3) is 0.0588. The molecule has 8 aromatic carbocycles. The topological polar surface area (TPSA) is 11.4 Å². The van der Waals surface area contributed by atoms with Crippen LogP contribution in [0.1, 0.15) is 25.0 Å². The molecule has 1 aliphatic heterocycles. The van der Waals surface area contributed by atoms with Gasteiger partial charge in [-0.05, 0) is 118 Å². The van der Waals surface area contributed by atoms with E-state index in [-0.39, 0.29) is 5.41 Å². The van der Waals surface area contributed by atoms with Crippen LogP contribution >= 0.6 is 0 Å². The van der Waals surface area contributed by atoms with Crippen LogP contribution < -0.4 is 9.80 Å². The lowest BCUT2D eigenvalue weighted by Gasteiger charge is -2.29. The number of fused-ring (bicyclic) bond motifs is 10. The Morgan fingerprint density at radius 1 is 0.370 bits per heavy atom. The first-order chi connectivity index (χ1) is 26.5. The Balaban J connectivity index is 1.25. The Bertz CT molecular complexity index is 2920. The van der Waals surface area contributed by atoms with E-state index >= 15 is 0 Å². The normalized spacial score (nSPS) is 13.8. The van der Waals surface area contributed by atoms with Crippen molar-refractivity contribution in [1.82, 2.24) is 4.57 Å². The highest BCUT2D eigenvalue weighted by Crippen LogP contribution is 2.53. The average molecular weight is 692 g/mol. The molecular weight excluding hydrogens is 655 g/mol. The third kappa shape index (κ3) is 4.48. The lowest BCUT2D eigenvalue weighted by Crippen LogP contribution is -2.16. The molecule has 0 N–H and O–H groups in total. The monoisotopic (exact) mass is 691 g/mol. The van der Waals surface area contributed by atoms with Crippen LogP contribution in [-0.2, 0) is 5.41 Å². The molecule has 0 amide bonds. The van der Waals surface area contributed by atoms with Crippen LogP contribution in [0.25, 0.3) is 49.7 Å². The van der Waals surface area contributed by atoms with Gasteiger partial charge in [0.1, 0.15) is 0 Å². The van der Waals surface area contributed by atoms with Gasteiger partial charge in [-0.25, -0.2) is 0 Å². The maximum Gasteiger partial charge on any atom is 0.0782 e. The SMILES string of the molecule is CC1(C)c2ccc3cc2-c2cc(ccc21)N(c1cccc2c4ccccc4n(-c4ccccc4)c12)c1cccc(c1)-c1cccc(c1)N3c1ccccc1. The molecule has 2 heterocycles. The zero-order chi connectivity index (χ0) is 36.0. The summed E-state index contributed by atoms with van der Waals surface area (Å²) in [6.07, 6.45) is 0. The fourth-order valence-corrected chi connectivity index (χ4v) is 9.15. The highest BCUT2D eigenvalue weighted by molar-refractivity contribution is 6.14. The van der Waals surface area contributed by atoms with Crippen molar-refractivity contribution in [2.24, 2.45) is 0 Å². The van der Waals surface area contributed by atoms with Crippen LogP contribution in [0.4, 0.5) is 34.1 Å². The summed E-state index contributed by atoms with van der Waals surface area (Å²) < 4.78 is 2.44. The Morgan fingerprint density at radius 2 is 0.870 bits per heavy atom. The largest absolute Gasteiger partial charge is 0.310 e. The summed E-state index contributed by atoms with van der Waals surface area (Å²) in [7, 11) is 0. The van der Waals surface area contributed by atoms with Crippen molar-refractivity contribution in [2.75, 3.05) is 9.80 Å². The first-order valence-corrected chi connectivity index (χ1v) is 18.8. The van der Waals surface area contributed by atoms with Gasteiger partial charge in [-0.2, -0.15) is 0 Å². The van der Waals surface area contributed by atoms with E-state index in [1.165, 1.54) is 55.2 Å². The molecule has 0 fully saturated rings. The predicted octanol–water partition coefficient (Wildman–Crippen LogP) is 14.0. The van der Waals surface area contributed by atoms with E-state index in [0.29, 0.717) is 0 Å². The van der Waals surface area contributed by atoms with E-state index in [0.717, 1.165) is 39.8 Å². The minimum absolute atomic E-state index is 0.141. The Kier molecular flexibility index (Phi) is 6.60. The molecule has 0 unspecified atom stereocenters. The summed E-state index contributed by atoms with van der Waals surface area (Å²) >= 11 is 0. The lowest BCUT2D eigenvalue weighted by atomic mass is 9.82. The van der Waals surface area contributed by atoms with E-state index in [9.17, 15) is 0 Å². The van der Waals surface area contributed by atoms with E-state index in [2.05, 4.69) is 216 Å². The third-order valence-electron chi connectivity index (χ3n) is 11.6. The third-order valence-corrected chi connectivity index (χ3v) is 11.6. The first-order valence-electron chi connectivity index (χ1n) is 18.8. The maximum absolute atomic E-state index is 2.48. The Labute approximate surface area is 315 Å². The van der Waals surface area contributed by atoms with Gasteiger partial charge in [-0.1, -0.05) is 117 Å². The number of hydrogen-bond acceptors (Lipinski definition) is 2. The van der Waals surface area contributed by atoms with E-state index in [1.807, 2.05) is 0 Å². The van der Waals surface area contributed by atoms with Crippen LogP contribution in [0.2, 0.25) is 0 Å². The minimum Gasteiger partial charge on any atom is -0.310 e. The van der Waals surface area contributed by atoms with Crippen molar-refractivity contribution in [2.45, 2.75) is 19.3 Å². The van der Waals surface area contributed by atoms with Crippen LogP contribution in [0.5, 0.6) is 0 Å². The molecular formula is C51H37N3. The van der Waals surface area contributed by atoms with Crippen molar-refractivity contribution < 1.29 is 0 Å². The summed E-state index contributed by atoms with van der Waals surface area (Å²) in [5, 5.41) is 2.47. The molecule has 11 rings (SSSR count). The summed E-state index contributed by atoms with van der Waals surface area (Å²) in [5.41, 5.74) is 17.8. The average Bonchev–Trinajstić information content (AvgIpc) is 3.67. The first kappa shape index (κ1) is 30.8. The number of hydrogen-bond donors (Lipinski definition) is 0. The van der Waals surface area contributed by atoms with Crippen molar-refractivity contribution >= 4 is 55.9 Å². The molecule has 54 heavy (non-hydrogen) atoms. The summed E-state index contributed by atoms with van der Waals surface area (Å²) in [6, 6.07) is 69.3. The van der Waals surface area contributed by atoms with Crippen molar-refractivity contribution in [3.05, 3.63) is 199 Å². The molecule has 8 bridgehead atoms. The van der Waals surface area contributed by atoms with Gasteiger partial charge < -0.3 is 14.4 Å². The van der Waals surface area contributed by atoms with Crippen molar-refractivity contribution in [3.8, 4) is 27.9 Å². The number of benzene rings is 8. The van der Waals surface area contributed by atoms with Gasteiger partial charge in [-0.15, -0.1) is 0 Å². The zero-order valence-corrected chi connectivity index (χ0v) is 30.2. The number of aromatic nitrogens is 1. The Hall–Kier alpha value is -6.84. The van der Waals surface area contributed by atoms with Gasteiger partial charge in [0, 0.05) is 50.3 Å². The summed E-state index contributed by atoms with van der Waals surface area (Å²) in [4.78, 5) is 4.87. The standard InChI is InChI=1S/C51H37N3/c1-51(2)46-28-26-40-32-44(46)45-33-41(27-29-47(45)51)53(39-21-12-15-35(31-39)34-14-11-20-38(30-34)52(40)36-16-5-3-6-17-36)49-25-13-23-43-42-22-9-10-24-48(42)54(50(43)49)37-18-7-4-8-19-37/h3-33H,1-2H3. The van der Waals surface area contributed by atoms with Crippen LogP contribution in [-0.4, -0.2) is 4.57 Å². The smallest absolute Gasteiger partial charge is 0.0782 e. The molecule has 1 aliphatic carbocycles. The van der Waals surface area contributed by atoms with E-state index in [1.54, 1.807) is 0 Å². The molecule has 3 heteroatoms. The molecule has 1 aromatic heterocycles. The van der Waals surface area contributed by atoms with Crippen LogP contribution in [0, 0.1) is 0 Å². The van der Waals surface area contributed by atoms with Gasteiger partial charge in [0.05, 0.1) is 16.7 Å². The highest BCUT2D eigenvalue weighted by Gasteiger charge is 2.37. The molecule has 9 aromatic rings. The highest BCUT2D eigenvalue weighted by atomic mass is 15.2. The molecule has 256 valence electrons. The number of anilines is 6. The van der Waals surface area contributed by atoms with Crippen molar-refractivity contribution in [3.63, 3.8) is 0 Å². The number of para-hydroxylation sites is 4. The van der Waals surface area contributed by atoms with E-state index in [4.69, 9.17) is 0 Å². The maximum atomic E-state index is 2.48. The van der Waals surface area contributed by atoms with Gasteiger partial charge in [0.2, 0.25) is 0 Å². The molecule has 0 spiro atoms. The molecule has 0 saturated heterocycles. The summed E-state index contributed by atoms with van der Waals surface area (Å²) in [6.45, 7) is 4.73. The van der Waals surface area contributed by atoms with Gasteiger partial charge in [0.25, 0.3) is 0 Å². The second-order valence-electron chi connectivity index (χ2n) is 15.1. The molecule has 0 atom stereocenters. The van der Waals surface area contributed by atoms with Gasteiger partial charge in [-0.3, -0.25) is 0 Å². The molecule has 3 nitrogen and oxygen atoms in total. The second kappa shape index (κ2) is 11.6. The van der Waals surface area contributed by atoms with Gasteiger partial charge in [0.15, 0.2) is 0 Å². The predicted molar refractivity (Wildman–Crippen MR) is 227 cm³/mol. The minimum atomic E-state index is -0.141. The number of rotatable bonds is 3. The quantitative estimate of drug-likeness (QED) is 0.183. The van der Waals surface area contributed by atoms with Gasteiger partial charge >= 0.3 is 0 Å². The van der Waals surface area contributed by atoms with Crippen LogP contribution in [0.15, 0.2) is 188 Å². The summed E-state index contributed by atoms with van der Waals surface area (Å²) in [5.74, 6) is 0.